The summed E-state index contributed by atoms with van der Waals surface area (Å²) in [7, 11) is 0. The second-order valence-electron chi connectivity index (χ2n) is 5.32. The SMILES string of the molecule is CC(C)C(CN)Nc1nccc2cc3c(cc12)OCO3. The fourth-order valence-electron chi connectivity index (χ4n) is 2.35. The third-order valence-corrected chi connectivity index (χ3v) is 3.64. The maximum Gasteiger partial charge on any atom is 0.231 e. The van der Waals surface area contributed by atoms with Gasteiger partial charge in [-0.1, -0.05) is 13.8 Å². The van der Waals surface area contributed by atoms with Gasteiger partial charge in [0, 0.05) is 24.2 Å². The van der Waals surface area contributed by atoms with Gasteiger partial charge in [-0.3, -0.25) is 0 Å². The molecule has 5 nitrogen and oxygen atoms in total. The Hall–Kier alpha value is -2.01. The number of nitrogens with two attached hydrogens (primary N) is 1. The van der Waals surface area contributed by atoms with Crippen molar-refractivity contribution in [2.75, 3.05) is 18.7 Å². The van der Waals surface area contributed by atoms with Crippen LogP contribution in [0.4, 0.5) is 5.82 Å². The number of rotatable bonds is 4. The highest BCUT2D eigenvalue weighted by Crippen LogP contribution is 2.37. The molecule has 3 rings (SSSR count). The Labute approximate surface area is 118 Å². The highest BCUT2D eigenvalue weighted by molar-refractivity contribution is 5.94. The standard InChI is InChI=1S/C15H19N3O2/c1-9(2)12(7-16)18-15-11-6-14-13(19-8-20-14)5-10(11)3-4-17-15/h3-6,9,12H,7-8,16H2,1-2H3,(H,17,18). The molecular weight excluding hydrogens is 254 g/mol. The van der Waals surface area contributed by atoms with Crippen molar-refractivity contribution in [1.82, 2.24) is 4.98 Å². The van der Waals surface area contributed by atoms with Crippen molar-refractivity contribution in [2.45, 2.75) is 19.9 Å². The molecule has 1 unspecified atom stereocenters. The van der Waals surface area contributed by atoms with Crippen LogP contribution in [-0.4, -0.2) is 24.4 Å². The third-order valence-electron chi connectivity index (χ3n) is 3.64. The first-order valence-electron chi connectivity index (χ1n) is 6.84. The van der Waals surface area contributed by atoms with Crippen LogP contribution in [-0.2, 0) is 0 Å². The average Bonchev–Trinajstić information content (AvgIpc) is 2.89. The number of pyridine rings is 1. The van der Waals surface area contributed by atoms with Crippen molar-refractivity contribution in [3.8, 4) is 11.5 Å². The van der Waals surface area contributed by atoms with Crippen LogP contribution in [0.2, 0.25) is 0 Å². The van der Waals surface area contributed by atoms with E-state index in [1.54, 1.807) is 6.20 Å². The lowest BCUT2D eigenvalue weighted by Crippen LogP contribution is -2.34. The van der Waals surface area contributed by atoms with E-state index in [1.165, 1.54) is 0 Å². The Morgan fingerprint density at radius 3 is 2.75 bits per heavy atom. The van der Waals surface area contributed by atoms with E-state index in [0.717, 1.165) is 28.1 Å². The summed E-state index contributed by atoms with van der Waals surface area (Å²) >= 11 is 0. The van der Waals surface area contributed by atoms with Gasteiger partial charge in [-0.15, -0.1) is 0 Å². The molecule has 1 aliphatic rings. The molecule has 2 aromatic rings. The molecule has 3 N–H and O–H groups in total. The summed E-state index contributed by atoms with van der Waals surface area (Å²) in [6.07, 6.45) is 1.79. The van der Waals surface area contributed by atoms with Crippen LogP contribution in [0.1, 0.15) is 13.8 Å². The Morgan fingerprint density at radius 1 is 1.30 bits per heavy atom. The van der Waals surface area contributed by atoms with Crippen LogP contribution in [0.25, 0.3) is 10.8 Å². The van der Waals surface area contributed by atoms with Crippen LogP contribution < -0.4 is 20.5 Å². The number of fused-ring (bicyclic) bond motifs is 2. The minimum Gasteiger partial charge on any atom is -0.454 e. The Kier molecular flexibility index (Phi) is 3.36. The molecule has 0 fully saturated rings. The minimum atomic E-state index is 0.193. The van der Waals surface area contributed by atoms with Crippen LogP contribution in [0.3, 0.4) is 0 Å². The normalized spacial score (nSPS) is 14.8. The van der Waals surface area contributed by atoms with Gasteiger partial charge < -0.3 is 20.5 Å². The highest BCUT2D eigenvalue weighted by atomic mass is 16.7. The summed E-state index contributed by atoms with van der Waals surface area (Å²) in [5, 5.41) is 5.53. The van der Waals surface area contributed by atoms with Gasteiger partial charge in [0.2, 0.25) is 6.79 Å². The van der Waals surface area contributed by atoms with E-state index in [1.807, 2.05) is 18.2 Å². The second-order valence-corrected chi connectivity index (χ2v) is 5.32. The first kappa shape index (κ1) is 13.0. The number of nitrogens with zero attached hydrogens (tertiary/aromatic N) is 1. The lowest BCUT2D eigenvalue weighted by molar-refractivity contribution is 0.174. The molecule has 0 aliphatic carbocycles. The summed E-state index contributed by atoms with van der Waals surface area (Å²) in [6, 6.07) is 6.12. The molecule has 0 amide bonds. The van der Waals surface area contributed by atoms with Gasteiger partial charge in [0.15, 0.2) is 11.5 Å². The zero-order valence-corrected chi connectivity index (χ0v) is 11.7. The topological polar surface area (TPSA) is 69.4 Å². The number of anilines is 1. The number of hydrogen-bond donors (Lipinski definition) is 2. The average molecular weight is 273 g/mol. The van der Waals surface area contributed by atoms with Gasteiger partial charge in [-0.05, 0) is 29.5 Å². The number of nitrogens with one attached hydrogen (secondary N) is 1. The van der Waals surface area contributed by atoms with Crippen molar-refractivity contribution >= 4 is 16.6 Å². The predicted octanol–water partition coefficient (Wildman–Crippen LogP) is 2.36. The maximum atomic E-state index is 5.82. The second kappa shape index (κ2) is 5.17. The summed E-state index contributed by atoms with van der Waals surface area (Å²) in [4.78, 5) is 4.44. The molecule has 106 valence electrons. The van der Waals surface area contributed by atoms with E-state index in [9.17, 15) is 0 Å². The van der Waals surface area contributed by atoms with Crippen molar-refractivity contribution in [2.24, 2.45) is 11.7 Å². The molecule has 20 heavy (non-hydrogen) atoms. The van der Waals surface area contributed by atoms with E-state index >= 15 is 0 Å². The zero-order chi connectivity index (χ0) is 14.1. The van der Waals surface area contributed by atoms with E-state index in [4.69, 9.17) is 15.2 Å². The fraction of sp³-hybridized carbons (Fsp3) is 0.400. The molecule has 0 bridgehead atoms. The van der Waals surface area contributed by atoms with Crippen LogP contribution in [0.15, 0.2) is 24.4 Å². The van der Waals surface area contributed by atoms with E-state index in [2.05, 4.69) is 24.1 Å². The van der Waals surface area contributed by atoms with Crippen molar-refractivity contribution in [3.63, 3.8) is 0 Å². The Bertz CT molecular complexity index is 628. The van der Waals surface area contributed by atoms with E-state index in [-0.39, 0.29) is 12.8 Å². The predicted molar refractivity (Wildman–Crippen MR) is 79.2 cm³/mol. The summed E-state index contributed by atoms with van der Waals surface area (Å²) in [6.45, 7) is 5.13. The van der Waals surface area contributed by atoms with Gasteiger partial charge in [0.05, 0.1) is 0 Å². The van der Waals surface area contributed by atoms with Crippen molar-refractivity contribution in [1.29, 1.82) is 0 Å². The Balaban J connectivity index is 2.02. The number of ether oxygens (including phenoxy) is 2. The van der Waals surface area contributed by atoms with Crippen LogP contribution in [0, 0.1) is 5.92 Å². The van der Waals surface area contributed by atoms with E-state index in [0.29, 0.717) is 12.5 Å². The molecule has 0 spiro atoms. The van der Waals surface area contributed by atoms with Crippen molar-refractivity contribution in [3.05, 3.63) is 24.4 Å². The summed E-state index contributed by atoms with van der Waals surface area (Å²) in [5.41, 5.74) is 5.82. The van der Waals surface area contributed by atoms with Crippen LogP contribution >= 0.6 is 0 Å². The Morgan fingerprint density at radius 2 is 2.05 bits per heavy atom. The molecule has 0 saturated carbocycles. The van der Waals surface area contributed by atoms with E-state index < -0.39 is 0 Å². The van der Waals surface area contributed by atoms with Crippen molar-refractivity contribution < 1.29 is 9.47 Å². The minimum absolute atomic E-state index is 0.193. The van der Waals surface area contributed by atoms with Crippen LogP contribution in [0.5, 0.6) is 11.5 Å². The molecule has 2 heterocycles. The summed E-state index contributed by atoms with van der Waals surface area (Å²) < 4.78 is 10.8. The molecule has 0 radical (unpaired) electrons. The maximum absolute atomic E-state index is 5.82. The van der Waals surface area contributed by atoms with Gasteiger partial charge in [-0.2, -0.15) is 0 Å². The molecule has 0 saturated heterocycles. The lowest BCUT2D eigenvalue weighted by Gasteiger charge is -2.22. The third kappa shape index (κ3) is 2.25. The molecule has 5 heteroatoms. The summed E-state index contributed by atoms with van der Waals surface area (Å²) in [5.74, 6) is 2.83. The number of hydrogen-bond acceptors (Lipinski definition) is 5. The number of benzene rings is 1. The van der Waals surface area contributed by atoms with Gasteiger partial charge in [-0.25, -0.2) is 4.98 Å². The smallest absolute Gasteiger partial charge is 0.231 e. The lowest BCUT2D eigenvalue weighted by atomic mass is 10.0. The molecular formula is C15H19N3O2. The number of aromatic nitrogens is 1. The first-order valence-corrected chi connectivity index (χ1v) is 6.84. The molecule has 1 aliphatic heterocycles. The van der Waals surface area contributed by atoms with Gasteiger partial charge in [0.25, 0.3) is 0 Å². The quantitative estimate of drug-likeness (QED) is 0.895. The van der Waals surface area contributed by atoms with Gasteiger partial charge >= 0.3 is 0 Å². The highest BCUT2D eigenvalue weighted by Gasteiger charge is 2.18. The fourth-order valence-corrected chi connectivity index (χ4v) is 2.35. The largest absolute Gasteiger partial charge is 0.454 e. The zero-order valence-electron chi connectivity index (χ0n) is 11.7. The molecule has 1 atom stereocenters. The van der Waals surface area contributed by atoms with Gasteiger partial charge in [0.1, 0.15) is 5.82 Å². The molecule has 1 aromatic carbocycles. The monoisotopic (exact) mass is 273 g/mol. The first-order chi connectivity index (χ1) is 9.69. The molecule has 1 aromatic heterocycles.